The standard InChI is InChI=1S/C19H24ClN5O2/c1-4-5-8-25-17(26)15-16(22(3)19(25)27)21-18-23(9-10-24(15)18)13-7-6-12(2)14(20)11-13/h6-7,11,15-16H,4-5,8-10H2,1-3H3. The molecule has 3 aliphatic rings. The van der Waals surface area contributed by atoms with Gasteiger partial charge in [0.2, 0.25) is 5.96 Å². The molecule has 0 aromatic heterocycles. The number of nitrogens with zero attached hydrogens (tertiary/aromatic N) is 5. The summed E-state index contributed by atoms with van der Waals surface area (Å²) in [6.45, 7) is 5.91. The predicted octanol–water partition coefficient (Wildman–Crippen LogP) is 2.53. The molecule has 27 heavy (non-hydrogen) atoms. The van der Waals surface area contributed by atoms with E-state index in [0.29, 0.717) is 18.1 Å². The fourth-order valence-corrected chi connectivity index (χ4v) is 4.13. The van der Waals surface area contributed by atoms with Gasteiger partial charge < -0.3 is 14.7 Å². The normalized spacial score (nSPS) is 24.5. The number of rotatable bonds is 4. The third kappa shape index (κ3) is 2.76. The molecule has 3 heterocycles. The molecule has 8 heteroatoms. The molecule has 4 rings (SSSR count). The van der Waals surface area contributed by atoms with Crippen LogP contribution in [0.3, 0.4) is 0 Å². The number of imide groups is 1. The number of aryl methyl sites for hydroxylation is 1. The smallest absolute Gasteiger partial charge is 0.325 e. The molecule has 0 spiro atoms. The van der Waals surface area contributed by atoms with Crippen molar-refractivity contribution in [1.82, 2.24) is 14.7 Å². The largest absolute Gasteiger partial charge is 0.328 e. The van der Waals surface area contributed by atoms with Gasteiger partial charge in [0.15, 0.2) is 12.2 Å². The number of fused-ring (bicyclic) bond motifs is 3. The summed E-state index contributed by atoms with van der Waals surface area (Å²) in [5.74, 6) is 0.606. The number of unbranched alkanes of at least 4 members (excludes halogenated alkanes) is 1. The lowest BCUT2D eigenvalue weighted by Crippen LogP contribution is -2.64. The van der Waals surface area contributed by atoms with E-state index >= 15 is 0 Å². The van der Waals surface area contributed by atoms with Gasteiger partial charge >= 0.3 is 6.03 Å². The highest BCUT2D eigenvalue weighted by atomic mass is 35.5. The number of urea groups is 1. The molecule has 7 nitrogen and oxygen atoms in total. The Morgan fingerprint density at radius 2 is 2.04 bits per heavy atom. The van der Waals surface area contributed by atoms with Crippen molar-refractivity contribution in [3.05, 3.63) is 28.8 Å². The Balaban J connectivity index is 1.64. The minimum absolute atomic E-state index is 0.140. The Morgan fingerprint density at radius 3 is 2.74 bits per heavy atom. The number of hydrogen-bond acceptors (Lipinski definition) is 5. The van der Waals surface area contributed by atoms with E-state index in [2.05, 4.69) is 4.90 Å². The number of anilines is 1. The Hall–Kier alpha value is -2.28. The molecular formula is C19H24ClN5O2. The van der Waals surface area contributed by atoms with Crippen molar-refractivity contribution < 1.29 is 9.59 Å². The second-order valence-electron chi connectivity index (χ2n) is 7.30. The van der Waals surface area contributed by atoms with E-state index in [9.17, 15) is 9.59 Å². The molecule has 0 aliphatic carbocycles. The number of hydrogen-bond donors (Lipinski definition) is 0. The zero-order chi connectivity index (χ0) is 19.3. The Kier molecular flexibility index (Phi) is 4.50. The highest BCUT2D eigenvalue weighted by Gasteiger charge is 2.54. The molecule has 0 bridgehead atoms. The van der Waals surface area contributed by atoms with E-state index in [0.717, 1.165) is 36.6 Å². The third-order valence-electron chi connectivity index (χ3n) is 5.58. The summed E-state index contributed by atoms with van der Waals surface area (Å²) in [5.41, 5.74) is 1.97. The lowest BCUT2D eigenvalue weighted by atomic mass is 10.1. The number of likely N-dealkylation sites (N-methyl/N-ethyl adjacent to an activating group) is 1. The van der Waals surface area contributed by atoms with Crippen LogP contribution in [0.15, 0.2) is 23.2 Å². The maximum absolute atomic E-state index is 13.1. The van der Waals surface area contributed by atoms with Gasteiger partial charge in [-0.3, -0.25) is 9.69 Å². The van der Waals surface area contributed by atoms with E-state index in [-0.39, 0.29) is 11.9 Å². The van der Waals surface area contributed by atoms with Crippen LogP contribution in [0, 0.1) is 6.92 Å². The second-order valence-corrected chi connectivity index (χ2v) is 7.71. The number of amides is 3. The van der Waals surface area contributed by atoms with Crippen molar-refractivity contribution in [2.45, 2.75) is 38.9 Å². The maximum Gasteiger partial charge on any atom is 0.328 e. The number of aliphatic imine (C=N–C) groups is 1. The van der Waals surface area contributed by atoms with Crippen LogP contribution >= 0.6 is 11.6 Å². The van der Waals surface area contributed by atoms with Crippen LogP contribution < -0.4 is 4.90 Å². The van der Waals surface area contributed by atoms with Gasteiger partial charge in [-0.15, -0.1) is 0 Å². The van der Waals surface area contributed by atoms with Crippen LogP contribution in [0.5, 0.6) is 0 Å². The molecule has 1 aromatic rings. The fourth-order valence-electron chi connectivity index (χ4n) is 3.95. The first-order valence-electron chi connectivity index (χ1n) is 9.40. The van der Waals surface area contributed by atoms with Crippen LogP contribution in [0.4, 0.5) is 10.5 Å². The Bertz CT molecular complexity index is 826. The van der Waals surface area contributed by atoms with Crippen molar-refractivity contribution in [2.75, 3.05) is 31.6 Å². The molecule has 2 fully saturated rings. The van der Waals surface area contributed by atoms with Gasteiger partial charge in [0.1, 0.15) is 0 Å². The molecule has 2 unspecified atom stereocenters. The molecule has 3 aliphatic heterocycles. The Morgan fingerprint density at radius 1 is 1.26 bits per heavy atom. The van der Waals surface area contributed by atoms with Gasteiger partial charge in [-0.25, -0.2) is 9.79 Å². The van der Waals surface area contributed by atoms with Gasteiger partial charge in [-0.2, -0.15) is 0 Å². The minimum atomic E-state index is -0.471. The highest BCUT2D eigenvalue weighted by molar-refractivity contribution is 6.31. The number of carbonyl (C=O) groups is 2. The first-order valence-corrected chi connectivity index (χ1v) is 9.78. The molecule has 0 radical (unpaired) electrons. The summed E-state index contributed by atoms with van der Waals surface area (Å²) in [7, 11) is 1.73. The van der Waals surface area contributed by atoms with E-state index in [1.165, 1.54) is 4.90 Å². The molecule has 3 amide bonds. The average molecular weight is 390 g/mol. The van der Waals surface area contributed by atoms with Crippen molar-refractivity contribution in [2.24, 2.45) is 4.99 Å². The van der Waals surface area contributed by atoms with Crippen LogP contribution in [-0.2, 0) is 4.79 Å². The number of halogens is 1. The van der Waals surface area contributed by atoms with Crippen LogP contribution in [0.2, 0.25) is 5.02 Å². The zero-order valence-corrected chi connectivity index (χ0v) is 16.6. The molecule has 1 aromatic carbocycles. The summed E-state index contributed by atoms with van der Waals surface area (Å²) in [6, 6.07) is 5.22. The zero-order valence-electron chi connectivity index (χ0n) is 15.9. The Labute approximate surface area is 164 Å². The van der Waals surface area contributed by atoms with Crippen LogP contribution in [0.1, 0.15) is 25.3 Å². The fraction of sp³-hybridized carbons (Fsp3) is 0.526. The summed E-state index contributed by atoms with van der Waals surface area (Å²) in [4.78, 5) is 37.6. The molecule has 2 atom stereocenters. The SMILES string of the molecule is CCCCN1C(=O)C2C(N=C3N(c4ccc(C)c(Cl)c4)CCN32)N(C)C1=O. The summed E-state index contributed by atoms with van der Waals surface area (Å²) < 4.78 is 0. The average Bonchev–Trinajstić information content (AvgIpc) is 3.21. The van der Waals surface area contributed by atoms with Crippen molar-refractivity contribution in [1.29, 1.82) is 0 Å². The number of benzene rings is 1. The molecular weight excluding hydrogens is 366 g/mol. The first-order chi connectivity index (χ1) is 12.9. The monoisotopic (exact) mass is 389 g/mol. The van der Waals surface area contributed by atoms with Gasteiger partial charge in [-0.05, 0) is 31.0 Å². The van der Waals surface area contributed by atoms with E-state index < -0.39 is 12.2 Å². The number of carbonyl (C=O) groups excluding carboxylic acids is 2. The quantitative estimate of drug-likeness (QED) is 0.794. The lowest BCUT2D eigenvalue weighted by molar-refractivity contribution is -0.137. The maximum atomic E-state index is 13.1. The van der Waals surface area contributed by atoms with Crippen molar-refractivity contribution in [3.63, 3.8) is 0 Å². The van der Waals surface area contributed by atoms with Crippen molar-refractivity contribution in [3.8, 4) is 0 Å². The van der Waals surface area contributed by atoms with E-state index in [1.54, 1.807) is 11.9 Å². The first kappa shape index (κ1) is 18.1. The molecule has 2 saturated heterocycles. The topological polar surface area (TPSA) is 59.5 Å². The van der Waals surface area contributed by atoms with Gasteiger partial charge in [-0.1, -0.05) is 31.0 Å². The molecule has 0 N–H and O–H groups in total. The summed E-state index contributed by atoms with van der Waals surface area (Å²) in [5, 5.41) is 0.705. The summed E-state index contributed by atoms with van der Waals surface area (Å²) in [6.07, 6.45) is 1.27. The minimum Gasteiger partial charge on any atom is -0.325 e. The van der Waals surface area contributed by atoms with E-state index in [1.807, 2.05) is 36.9 Å². The third-order valence-corrected chi connectivity index (χ3v) is 5.99. The van der Waals surface area contributed by atoms with Gasteiger partial charge in [0.05, 0.1) is 0 Å². The second kappa shape index (κ2) is 6.71. The van der Waals surface area contributed by atoms with Crippen molar-refractivity contribution >= 4 is 35.2 Å². The van der Waals surface area contributed by atoms with Crippen LogP contribution in [0.25, 0.3) is 0 Å². The summed E-state index contributed by atoms with van der Waals surface area (Å²) >= 11 is 6.30. The van der Waals surface area contributed by atoms with E-state index in [4.69, 9.17) is 16.6 Å². The molecule has 144 valence electrons. The van der Waals surface area contributed by atoms with Gasteiger partial charge in [0.25, 0.3) is 5.91 Å². The van der Waals surface area contributed by atoms with Crippen LogP contribution in [-0.4, -0.2) is 71.5 Å². The van der Waals surface area contributed by atoms with Gasteiger partial charge in [0, 0.05) is 37.4 Å². The lowest BCUT2D eigenvalue weighted by Gasteiger charge is -2.40. The highest BCUT2D eigenvalue weighted by Crippen LogP contribution is 2.34. The number of guanidine groups is 1. The molecule has 0 saturated carbocycles. The predicted molar refractivity (Wildman–Crippen MR) is 105 cm³/mol.